The molecule has 0 saturated heterocycles. The summed E-state index contributed by atoms with van der Waals surface area (Å²) in [7, 11) is 0. The van der Waals surface area contributed by atoms with Gasteiger partial charge in [-0.15, -0.1) is 0 Å². The maximum Gasteiger partial charge on any atom is 0.354 e. The lowest BCUT2D eigenvalue weighted by Crippen LogP contribution is -2.16. The van der Waals surface area contributed by atoms with Gasteiger partial charge in [0.15, 0.2) is 0 Å². The van der Waals surface area contributed by atoms with Crippen LogP contribution in [0.3, 0.4) is 0 Å². The van der Waals surface area contributed by atoms with Gasteiger partial charge in [-0.25, -0.2) is 14.8 Å². The summed E-state index contributed by atoms with van der Waals surface area (Å²) in [6.45, 7) is 3.72. The molecule has 6 heteroatoms. The minimum absolute atomic E-state index is 0.0332. The molecule has 0 unspecified atom stereocenters. The van der Waals surface area contributed by atoms with E-state index >= 15 is 0 Å². The van der Waals surface area contributed by atoms with Crippen molar-refractivity contribution < 1.29 is 14.7 Å². The molecule has 0 aliphatic rings. The van der Waals surface area contributed by atoms with Crippen LogP contribution in [0.25, 0.3) is 0 Å². The molecule has 0 aliphatic heterocycles. The molecule has 0 atom stereocenters. The van der Waals surface area contributed by atoms with Crippen LogP contribution in [0.4, 0.5) is 5.82 Å². The second-order valence-electron chi connectivity index (χ2n) is 4.34. The Morgan fingerprint density at radius 2 is 1.80 bits per heavy atom. The van der Waals surface area contributed by atoms with Gasteiger partial charge in [-0.05, 0) is 43.7 Å². The Morgan fingerprint density at radius 3 is 2.45 bits per heavy atom. The Morgan fingerprint density at radius 1 is 1.10 bits per heavy atom. The van der Waals surface area contributed by atoms with E-state index in [1.54, 1.807) is 6.07 Å². The molecule has 2 heterocycles. The van der Waals surface area contributed by atoms with E-state index in [0.717, 1.165) is 11.3 Å². The van der Waals surface area contributed by atoms with Crippen LogP contribution in [0, 0.1) is 13.8 Å². The highest BCUT2D eigenvalue weighted by Crippen LogP contribution is 2.10. The van der Waals surface area contributed by atoms with Gasteiger partial charge in [-0.2, -0.15) is 0 Å². The Labute approximate surface area is 115 Å². The summed E-state index contributed by atoms with van der Waals surface area (Å²) in [5.41, 5.74) is 1.62. The van der Waals surface area contributed by atoms with E-state index in [2.05, 4.69) is 15.3 Å². The average molecular weight is 271 g/mol. The lowest BCUT2D eigenvalue weighted by Gasteiger charge is -2.06. The van der Waals surface area contributed by atoms with E-state index in [4.69, 9.17) is 5.11 Å². The van der Waals surface area contributed by atoms with Gasteiger partial charge < -0.3 is 10.4 Å². The first-order valence-corrected chi connectivity index (χ1v) is 5.92. The summed E-state index contributed by atoms with van der Waals surface area (Å²) in [6.07, 6.45) is 0. The van der Waals surface area contributed by atoms with Gasteiger partial charge in [0.1, 0.15) is 17.2 Å². The molecule has 2 aromatic heterocycles. The number of aryl methyl sites for hydroxylation is 2. The first-order chi connectivity index (χ1) is 9.45. The second kappa shape index (κ2) is 5.48. The van der Waals surface area contributed by atoms with Crippen LogP contribution in [-0.2, 0) is 0 Å². The Bertz CT molecular complexity index is 663. The number of carbonyl (C=O) groups excluding carboxylic acids is 1. The summed E-state index contributed by atoms with van der Waals surface area (Å²) < 4.78 is 0. The van der Waals surface area contributed by atoms with E-state index in [1.165, 1.54) is 18.2 Å². The molecule has 102 valence electrons. The Balaban J connectivity index is 2.23. The lowest BCUT2D eigenvalue weighted by atomic mass is 10.2. The zero-order valence-electron chi connectivity index (χ0n) is 11.0. The van der Waals surface area contributed by atoms with Crippen molar-refractivity contribution in [2.24, 2.45) is 0 Å². The molecule has 0 bridgehead atoms. The van der Waals surface area contributed by atoms with Crippen molar-refractivity contribution >= 4 is 17.7 Å². The molecule has 2 rings (SSSR count). The minimum Gasteiger partial charge on any atom is -0.477 e. The van der Waals surface area contributed by atoms with Gasteiger partial charge in [0.05, 0.1) is 0 Å². The number of nitrogens with zero attached hydrogens (tertiary/aromatic N) is 2. The molecule has 0 spiro atoms. The predicted octanol–water partition coefficient (Wildman–Crippen LogP) is 2.04. The summed E-state index contributed by atoms with van der Waals surface area (Å²) in [5, 5.41) is 11.4. The molecule has 20 heavy (non-hydrogen) atoms. The van der Waals surface area contributed by atoms with E-state index in [-0.39, 0.29) is 11.4 Å². The van der Waals surface area contributed by atoms with Crippen molar-refractivity contribution in [2.75, 3.05) is 5.32 Å². The first kappa shape index (κ1) is 13.7. The van der Waals surface area contributed by atoms with Crippen LogP contribution in [0.5, 0.6) is 0 Å². The van der Waals surface area contributed by atoms with Crippen LogP contribution >= 0.6 is 0 Å². The van der Waals surface area contributed by atoms with Crippen molar-refractivity contribution in [1.82, 2.24) is 9.97 Å². The number of nitrogens with one attached hydrogen (secondary N) is 1. The fourth-order valence-corrected chi connectivity index (χ4v) is 1.77. The number of anilines is 1. The van der Waals surface area contributed by atoms with E-state index in [1.807, 2.05) is 19.9 Å². The zero-order chi connectivity index (χ0) is 14.7. The lowest BCUT2D eigenvalue weighted by molar-refractivity contribution is 0.0690. The van der Waals surface area contributed by atoms with Gasteiger partial charge >= 0.3 is 5.97 Å². The molecule has 0 saturated carbocycles. The number of hydrogen-bond donors (Lipinski definition) is 2. The number of hydrogen-bond acceptors (Lipinski definition) is 4. The summed E-state index contributed by atoms with van der Waals surface area (Å²) >= 11 is 0. The summed E-state index contributed by atoms with van der Waals surface area (Å²) in [5.74, 6) is -1.26. The number of pyridine rings is 2. The average Bonchev–Trinajstić information content (AvgIpc) is 2.37. The number of aromatic nitrogens is 2. The molecular weight excluding hydrogens is 258 g/mol. The molecule has 0 fully saturated rings. The van der Waals surface area contributed by atoms with Crippen molar-refractivity contribution in [3.63, 3.8) is 0 Å². The van der Waals surface area contributed by atoms with Gasteiger partial charge in [-0.3, -0.25) is 4.79 Å². The molecule has 0 aliphatic carbocycles. The predicted molar refractivity (Wildman–Crippen MR) is 72.9 cm³/mol. The van der Waals surface area contributed by atoms with E-state index in [9.17, 15) is 9.59 Å². The number of carboxylic acids is 1. The van der Waals surface area contributed by atoms with E-state index in [0.29, 0.717) is 5.82 Å². The van der Waals surface area contributed by atoms with Crippen molar-refractivity contribution in [3.05, 3.63) is 53.0 Å². The third-order valence-electron chi connectivity index (χ3n) is 2.54. The van der Waals surface area contributed by atoms with Gasteiger partial charge in [0, 0.05) is 5.69 Å². The van der Waals surface area contributed by atoms with Gasteiger partial charge in [0.25, 0.3) is 5.91 Å². The fraction of sp³-hybridized carbons (Fsp3) is 0.143. The molecular formula is C14H13N3O3. The van der Waals surface area contributed by atoms with Crippen molar-refractivity contribution in [3.8, 4) is 0 Å². The van der Waals surface area contributed by atoms with Crippen LogP contribution < -0.4 is 5.32 Å². The SMILES string of the molecule is Cc1cc(C)nc(NC(=O)c2cccc(C(=O)O)n2)c1. The monoisotopic (exact) mass is 271 g/mol. The third-order valence-corrected chi connectivity index (χ3v) is 2.54. The topological polar surface area (TPSA) is 92.2 Å². The number of rotatable bonds is 3. The highest BCUT2D eigenvalue weighted by molar-refractivity contribution is 6.03. The second-order valence-corrected chi connectivity index (χ2v) is 4.34. The Kier molecular flexibility index (Phi) is 3.74. The first-order valence-electron chi connectivity index (χ1n) is 5.92. The quantitative estimate of drug-likeness (QED) is 0.891. The molecule has 2 N–H and O–H groups in total. The summed E-state index contributed by atoms with van der Waals surface area (Å²) in [6, 6.07) is 7.86. The van der Waals surface area contributed by atoms with Crippen LogP contribution in [0.15, 0.2) is 30.3 Å². The smallest absolute Gasteiger partial charge is 0.354 e. The highest BCUT2D eigenvalue weighted by atomic mass is 16.4. The molecule has 2 aromatic rings. The van der Waals surface area contributed by atoms with Crippen LogP contribution in [0.1, 0.15) is 32.2 Å². The number of carboxylic acid groups (broad SMARTS) is 1. The largest absolute Gasteiger partial charge is 0.477 e. The van der Waals surface area contributed by atoms with Crippen LogP contribution in [-0.4, -0.2) is 27.0 Å². The number of aromatic carboxylic acids is 1. The summed E-state index contributed by atoms with van der Waals surface area (Å²) in [4.78, 5) is 30.8. The highest BCUT2D eigenvalue weighted by Gasteiger charge is 2.12. The normalized spacial score (nSPS) is 10.1. The van der Waals surface area contributed by atoms with E-state index < -0.39 is 11.9 Å². The number of amides is 1. The molecule has 1 amide bonds. The maximum absolute atomic E-state index is 12.0. The van der Waals surface area contributed by atoms with Crippen molar-refractivity contribution in [2.45, 2.75) is 13.8 Å². The van der Waals surface area contributed by atoms with Crippen LogP contribution in [0.2, 0.25) is 0 Å². The zero-order valence-corrected chi connectivity index (χ0v) is 11.0. The molecule has 6 nitrogen and oxygen atoms in total. The van der Waals surface area contributed by atoms with Crippen molar-refractivity contribution in [1.29, 1.82) is 0 Å². The number of carbonyl (C=O) groups is 2. The minimum atomic E-state index is -1.18. The molecule has 0 aromatic carbocycles. The Hall–Kier alpha value is -2.76. The standard InChI is InChI=1S/C14H13N3O3/c1-8-6-9(2)15-12(7-8)17-13(18)10-4-3-5-11(16-10)14(19)20/h3-7H,1-2H3,(H,19,20)(H,15,17,18). The van der Waals surface area contributed by atoms with Gasteiger partial charge in [0.2, 0.25) is 0 Å². The third kappa shape index (κ3) is 3.17. The fourth-order valence-electron chi connectivity index (χ4n) is 1.77. The maximum atomic E-state index is 12.0. The van der Waals surface area contributed by atoms with Gasteiger partial charge in [-0.1, -0.05) is 6.07 Å². The molecule has 0 radical (unpaired) electrons.